The maximum Gasteiger partial charge on any atom is 0.0593 e. The minimum absolute atomic E-state index is 0.163. The van der Waals surface area contributed by atoms with Crippen molar-refractivity contribution in [3.8, 4) is 0 Å². The molecule has 0 amide bonds. The summed E-state index contributed by atoms with van der Waals surface area (Å²) in [6, 6.07) is 0. The van der Waals surface area contributed by atoms with Crippen LogP contribution in [0.4, 0.5) is 0 Å². The first-order valence-corrected chi connectivity index (χ1v) is 7.59. The van der Waals surface area contributed by atoms with Gasteiger partial charge in [0.1, 0.15) is 0 Å². The molecule has 0 aromatic carbocycles. The van der Waals surface area contributed by atoms with Gasteiger partial charge in [-0.3, -0.25) is 4.90 Å². The second kappa shape index (κ2) is 9.76. The van der Waals surface area contributed by atoms with Crippen molar-refractivity contribution >= 4 is 0 Å². The lowest BCUT2D eigenvalue weighted by Crippen LogP contribution is -2.54. The monoisotopic (exact) mass is 258 g/mol. The van der Waals surface area contributed by atoms with E-state index < -0.39 is 0 Å². The lowest BCUT2D eigenvalue weighted by Gasteiger charge is -2.42. The molecule has 0 aromatic rings. The van der Waals surface area contributed by atoms with Crippen molar-refractivity contribution in [2.75, 3.05) is 32.8 Å². The highest BCUT2D eigenvalue weighted by atomic mass is 16.5. The first-order valence-electron chi connectivity index (χ1n) is 7.59. The SMILES string of the molecule is CCN(CCOCCC(C)C)C(CC)(CC)CN. The predicted molar refractivity (Wildman–Crippen MR) is 79.9 cm³/mol. The number of nitrogens with two attached hydrogens (primary N) is 1. The molecule has 0 saturated heterocycles. The Morgan fingerprint density at radius 3 is 2.11 bits per heavy atom. The summed E-state index contributed by atoms with van der Waals surface area (Å²) in [5.74, 6) is 0.724. The molecule has 0 unspecified atom stereocenters. The van der Waals surface area contributed by atoms with Gasteiger partial charge in [0.05, 0.1) is 6.61 Å². The number of likely N-dealkylation sites (N-methyl/N-ethyl adjacent to an activating group) is 1. The maximum atomic E-state index is 5.99. The van der Waals surface area contributed by atoms with E-state index in [1.54, 1.807) is 0 Å². The highest BCUT2D eigenvalue weighted by Crippen LogP contribution is 2.22. The normalized spacial score (nSPS) is 12.7. The van der Waals surface area contributed by atoms with E-state index in [1.807, 2.05) is 0 Å². The highest BCUT2D eigenvalue weighted by Gasteiger charge is 2.30. The van der Waals surface area contributed by atoms with Gasteiger partial charge in [-0.1, -0.05) is 34.6 Å². The predicted octanol–water partition coefficient (Wildman–Crippen LogP) is 2.89. The molecule has 3 heteroatoms. The fraction of sp³-hybridized carbons (Fsp3) is 1.00. The van der Waals surface area contributed by atoms with Gasteiger partial charge in [-0.2, -0.15) is 0 Å². The van der Waals surface area contributed by atoms with Crippen molar-refractivity contribution in [3.05, 3.63) is 0 Å². The molecule has 2 N–H and O–H groups in total. The third-order valence-corrected chi connectivity index (χ3v) is 4.09. The second-order valence-electron chi connectivity index (χ2n) is 5.51. The standard InChI is InChI=1S/C15H34N2O/c1-6-15(7-2,13-16)17(8-3)10-12-18-11-9-14(4)5/h14H,6-13,16H2,1-5H3. The molecule has 0 radical (unpaired) electrons. The third-order valence-electron chi connectivity index (χ3n) is 4.09. The summed E-state index contributed by atoms with van der Waals surface area (Å²) in [5.41, 5.74) is 6.16. The molecule has 18 heavy (non-hydrogen) atoms. The van der Waals surface area contributed by atoms with Crippen LogP contribution in [-0.2, 0) is 4.74 Å². The summed E-state index contributed by atoms with van der Waals surface area (Å²) in [6.07, 6.45) is 3.37. The molecule has 0 aliphatic heterocycles. The molecular weight excluding hydrogens is 224 g/mol. The summed E-state index contributed by atoms with van der Waals surface area (Å²) >= 11 is 0. The Kier molecular flexibility index (Phi) is 9.70. The van der Waals surface area contributed by atoms with Crippen molar-refractivity contribution in [1.29, 1.82) is 0 Å². The Hall–Kier alpha value is -0.120. The molecule has 0 aliphatic carbocycles. The lowest BCUT2D eigenvalue weighted by atomic mass is 9.90. The average Bonchev–Trinajstić information content (AvgIpc) is 2.38. The molecule has 0 spiro atoms. The molecular formula is C15H34N2O. The van der Waals surface area contributed by atoms with Gasteiger partial charge in [0.2, 0.25) is 0 Å². The maximum absolute atomic E-state index is 5.99. The van der Waals surface area contributed by atoms with Crippen LogP contribution in [0.15, 0.2) is 0 Å². The third kappa shape index (κ3) is 5.68. The van der Waals surface area contributed by atoms with E-state index in [9.17, 15) is 0 Å². The van der Waals surface area contributed by atoms with Crippen LogP contribution in [0.5, 0.6) is 0 Å². The Morgan fingerprint density at radius 2 is 1.72 bits per heavy atom. The topological polar surface area (TPSA) is 38.5 Å². The lowest BCUT2D eigenvalue weighted by molar-refractivity contribution is 0.0407. The Bertz CT molecular complexity index is 183. The van der Waals surface area contributed by atoms with Crippen molar-refractivity contribution in [3.63, 3.8) is 0 Å². The van der Waals surface area contributed by atoms with Gasteiger partial charge in [-0.05, 0) is 31.7 Å². The molecule has 0 rings (SSSR count). The Balaban J connectivity index is 4.09. The van der Waals surface area contributed by atoms with Gasteiger partial charge in [0.25, 0.3) is 0 Å². The summed E-state index contributed by atoms with van der Waals surface area (Å²) in [6.45, 7) is 15.6. The fourth-order valence-electron chi connectivity index (χ4n) is 2.44. The van der Waals surface area contributed by atoms with E-state index in [2.05, 4.69) is 39.5 Å². The number of rotatable bonds is 11. The molecule has 0 aromatic heterocycles. The summed E-state index contributed by atoms with van der Waals surface area (Å²) in [5, 5.41) is 0. The van der Waals surface area contributed by atoms with Gasteiger partial charge in [0, 0.05) is 25.2 Å². The molecule has 0 fully saturated rings. The van der Waals surface area contributed by atoms with Crippen molar-refractivity contribution in [2.24, 2.45) is 11.7 Å². The summed E-state index contributed by atoms with van der Waals surface area (Å²) in [7, 11) is 0. The Labute approximate surface area is 114 Å². The first kappa shape index (κ1) is 17.9. The van der Waals surface area contributed by atoms with Gasteiger partial charge in [-0.25, -0.2) is 0 Å². The number of nitrogens with zero attached hydrogens (tertiary/aromatic N) is 1. The zero-order valence-electron chi connectivity index (χ0n) is 13.2. The zero-order valence-corrected chi connectivity index (χ0v) is 13.2. The largest absolute Gasteiger partial charge is 0.380 e. The molecule has 3 nitrogen and oxygen atoms in total. The first-order chi connectivity index (χ1) is 8.56. The minimum Gasteiger partial charge on any atom is -0.380 e. The molecule has 0 bridgehead atoms. The Morgan fingerprint density at radius 1 is 1.11 bits per heavy atom. The number of ether oxygens (including phenoxy) is 1. The molecule has 0 saturated carbocycles. The number of hydrogen-bond donors (Lipinski definition) is 1. The van der Waals surface area contributed by atoms with Crippen LogP contribution in [0.1, 0.15) is 53.9 Å². The molecule has 0 aliphatic rings. The number of hydrogen-bond acceptors (Lipinski definition) is 3. The zero-order chi connectivity index (χ0) is 14.0. The van der Waals surface area contributed by atoms with Crippen molar-refractivity contribution in [1.82, 2.24) is 4.90 Å². The van der Waals surface area contributed by atoms with Gasteiger partial charge >= 0.3 is 0 Å². The fourth-order valence-corrected chi connectivity index (χ4v) is 2.44. The molecule has 0 heterocycles. The molecule has 0 atom stereocenters. The van der Waals surface area contributed by atoms with Crippen molar-refractivity contribution < 1.29 is 4.74 Å². The summed E-state index contributed by atoms with van der Waals surface area (Å²) in [4.78, 5) is 2.49. The molecule has 110 valence electrons. The van der Waals surface area contributed by atoms with Crippen LogP contribution in [-0.4, -0.2) is 43.3 Å². The minimum atomic E-state index is 0.163. The van der Waals surface area contributed by atoms with Gasteiger partial charge in [-0.15, -0.1) is 0 Å². The van der Waals surface area contributed by atoms with Crippen LogP contribution < -0.4 is 5.73 Å². The van der Waals surface area contributed by atoms with E-state index in [4.69, 9.17) is 10.5 Å². The van der Waals surface area contributed by atoms with Gasteiger partial charge < -0.3 is 10.5 Å². The quantitative estimate of drug-likeness (QED) is 0.579. The second-order valence-corrected chi connectivity index (χ2v) is 5.51. The van der Waals surface area contributed by atoms with Crippen molar-refractivity contribution in [2.45, 2.75) is 59.4 Å². The van der Waals surface area contributed by atoms with E-state index in [0.29, 0.717) is 0 Å². The average molecular weight is 258 g/mol. The smallest absolute Gasteiger partial charge is 0.0593 e. The van der Waals surface area contributed by atoms with Crippen LogP contribution in [0, 0.1) is 5.92 Å². The van der Waals surface area contributed by atoms with Gasteiger partial charge in [0.15, 0.2) is 0 Å². The highest BCUT2D eigenvalue weighted by molar-refractivity contribution is 4.88. The van der Waals surface area contributed by atoms with Crippen LogP contribution in [0.25, 0.3) is 0 Å². The van der Waals surface area contributed by atoms with Crippen LogP contribution >= 0.6 is 0 Å². The van der Waals surface area contributed by atoms with E-state index in [-0.39, 0.29) is 5.54 Å². The summed E-state index contributed by atoms with van der Waals surface area (Å²) < 4.78 is 5.72. The van der Waals surface area contributed by atoms with E-state index >= 15 is 0 Å². The van der Waals surface area contributed by atoms with E-state index in [0.717, 1.165) is 58.0 Å². The van der Waals surface area contributed by atoms with E-state index in [1.165, 1.54) is 0 Å². The van der Waals surface area contributed by atoms with Crippen LogP contribution in [0.3, 0.4) is 0 Å². The van der Waals surface area contributed by atoms with Crippen LogP contribution in [0.2, 0.25) is 0 Å².